The highest BCUT2D eigenvalue weighted by molar-refractivity contribution is 5.77. The van der Waals surface area contributed by atoms with Crippen molar-refractivity contribution in [3.63, 3.8) is 0 Å². The first-order valence-corrected chi connectivity index (χ1v) is 28.1. The number of unbranched alkanes of at least 4 members (excludes halogenated alkanes) is 31. The SMILES string of the molecule is CC/C=C/C=C/C=C/CCCCCCCCCC(=O)OC(CCCCC/C=C/C=C/CCCCCCCCC)CC(=O)NC(CO)C(O)CCCCCCCCCCCCCCCCC. The number of hydrogen-bond donors (Lipinski definition) is 3. The van der Waals surface area contributed by atoms with Crippen LogP contribution in [0.2, 0.25) is 0 Å². The van der Waals surface area contributed by atoms with E-state index < -0.39 is 18.2 Å². The van der Waals surface area contributed by atoms with Crippen molar-refractivity contribution < 1.29 is 24.5 Å². The van der Waals surface area contributed by atoms with Crippen molar-refractivity contribution in [2.45, 2.75) is 296 Å². The number of nitrogens with one attached hydrogen (secondary N) is 1. The monoisotopic (exact) mass is 910 g/mol. The molecule has 0 saturated heterocycles. The minimum atomic E-state index is -0.799. The molecular formula is C59H107NO5. The second-order valence-corrected chi connectivity index (χ2v) is 19.0. The summed E-state index contributed by atoms with van der Waals surface area (Å²) in [4.78, 5) is 26.2. The molecule has 0 aromatic rings. The number of aliphatic hydroxyl groups is 2. The van der Waals surface area contributed by atoms with Crippen molar-refractivity contribution in [1.29, 1.82) is 0 Å². The Morgan fingerprint density at radius 1 is 0.462 bits per heavy atom. The van der Waals surface area contributed by atoms with Crippen LogP contribution in [0, 0.1) is 0 Å². The second-order valence-electron chi connectivity index (χ2n) is 19.0. The van der Waals surface area contributed by atoms with Gasteiger partial charge in [-0.1, -0.05) is 255 Å². The molecule has 0 aromatic carbocycles. The van der Waals surface area contributed by atoms with E-state index in [0.29, 0.717) is 19.3 Å². The van der Waals surface area contributed by atoms with E-state index in [1.165, 1.54) is 148 Å². The van der Waals surface area contributed by atoms with Crippen LogP contribution in [0.3, 0.4) is 0 Å². The quantitative estimate of drug-likeness (QED) is 0.0321. The maximum absolute atomic E-state index is 13.3. The molecule has 0 rings (SSSR count). The Labute approximate surface area is 403 Å². The summed E-state index contributed by atoms with van der Waals surface area (Å²) in [6.07, 6.45) is 65.7. The van der Waals surface area contributed by atoms with Gasteiger partial charge in [0.1, 0.15) is 6.10 Å². The number of allylic oxidation sites excluding steroid dienone is 10. The van der Waals surface area contributed by atoms with Crippen LogP contribution in [0.1, 0.15) is 278 Å². The average molecular weight is 911 g/mol. The van der Waals surface area contributed by atoms with Crippen molar-refractivity contribution in [3.8, 4) is 0 Å². The molecule has 0 heterocycles. The highest BCUT2D eigenvalue weighted by Gasteiger charge is 2.24. The van der Waals surface area contributed by atoms with Gasteiger partial charge in [0, 0.05) is 6.42 Å². The fraction of sp³-hybridized carbons (Fsp3) is 0.797. The Balaban J connectivity index is 4.62. The molecule has 1 amide bonds. The summed E-state index contributed by atoms with van der Waals surface area (Å²) in [6.45, 7) is 6.36. The van der Waals surface area contributed by atoms with E-state index in [0.717, 1.165) is 83.5 Å². The third-order valence-corrected chi connectivity index (χ3v) is 12.7. The average Bonchev–Trinajstić information content (AvgIpc) is 3.30. The Morgan fingerprint density at radius 2 is 0.831 bits per heavy atom. The van der Waals surface area contributed by atoms with Gasteiger partial charge in [0.2, 0.25) is 5.91 Å². The molecule has 3 atom stereocenters. The van der Waals surface area contributed by atoms with Crippen molar-refractivity contribution in [3.05, 3.63) is 60.8 Å². The van der Waals surface area contributed by atoms with Gasteiger partial charge in [0.05, 0.1) is 25.2 Å². The van der Waals surface area contributed by atoms with Crippen LogP contribution in [-0.2, 0) is 14.3 Å². The first-order valence-electron chi connectivity index (χ1n) is 28.1. The molecular weight excluding hydrogens is 803 g/mol. The number of esters is 1. The van der Waals surface area contributed by atoms with Gasteiger partial charge >= 0.3 is 5.97 Å². The minimum absolute atomic E-state index is 0.0543. The third-order valence-electron chi connectivity index (χ3n) is 12.7. The van der Waals surface area contributed by atoms with Gasteiger partial charge in [-0.3, -0.25) is 9.59 Å². The number of rotatable bonds is 50. The standard InChI is InChI=1S/C59H107NO5/c1-4-7-10-13-16-19-22-25-28-31-32-35-38-41-44-47-50-55(65-59(64)52-49-46-43-40-37-34-30-27-24-21-18-15-12-9-6-3)53-58(63)60-56(54-61)57(62)51-48-45-42-39-36-33-29-26-23-20-17-14-11-8-5-2/h9,12,15,18,21,24,28,31-32,35,55-57,61-62H,4-8,10-11,13-14,16-17,19-20,22-23,25-27,29-30,33-34,36-54H2,1-3H3,(H,60,63)/b12-9+,18-15+,24-21+,31-28+,35-32+. The summed E-state index contributed by atoms with van der Waals surface area (Å²) >= 11 is 0. The molecule has 3 unspecified atom stereocenters. The molecule has 0 saturated carbocycles. The molecule has 0 aliphatic heterocycles. The predicted molar refractivity (Wildman–Crippen MR) is 282 cm³/mol. The molecule has 0 radical (unpaired) electrons. The van der Waals surface area contributed by atoms with Gasteiger partial charge in [-0.2, -0.15) is 0 Å². The Hall–Kier alpha value is -2.44. The van der Waals surface area contributed by atoms with Crippen molar-refractivity contribution in [2.75, 3.05) is 6.61 Å². The normalized spacial score (nSPS) is 13.6. The van der Waals surface area contributed by atoms with Gasteiger partial charge in [-0.05, 0) is 70.6 Å². The van der Waals surface area contributed by atoms with Crippen molar-refractivity contribution >= 4 is 11.9 Å². The van der Waals surface area contributed by atoms with E-state index in [9.17, 15) is 19.8 Å². The zero-order valence-corrected chi connectivity index (χ0v) is 43.1. The van der Waals surface area contributed by atoms with E-state index in [1.807, 2.05) is 0 Å². The van der Waals surface area contributed by atoms with Crippen molar-refractivity contribution in [2.24, 2.45) is 0 Å². The first kappa shape index (κ1) is 62.6. The lowest BCUT2D eigenvalue weighted by Gasteiger charge is -2.24. The third kappa shape index (κ3) is 47.8. The molecule has 0 aliphatic carbocycles. The summed E-state index contributed by atoms with van der Waals surface area (Å²) in [5.74, 6) is -0.508. The lowest BCUT2D eigenvalue weighted by Crippen LogP contribution is -2.46. The van der Waals surface area contributed by atoms with Crippen LogP contribution < -0.4 is 5.32 Å². The molecule has 378 valence electrons. The number of aliphatic hydroxyl groups excluding tert-OH is 2. The zero-order valence-electron chi connectivity index (χ0n) is 43.1. The van der Waals surface area contributed by atoms with Crippen LogP contribution in [0.4, 0.5) is 0 Å². The van der Waals surface area contributed by atoms with Gasteiger partial charge in [0.15, 0.2) is 0 Å². The molecule has 65 heavy (non-hydrogen) atoms. The number of amides is 1. The Bertz CT molecular complexity index is 1160. The van der Waals surface area contributed by atoms with E-state index in [1.54, 1.807) is 0 Å². The van der Waals surface area contributed by atoms with E-state index in [2.05, 4.69) is 86.8 Å². The molecule has 6 nitrogen and oxygen atoms in total. The summed E-state index contributed by atoms with van der Waals surface area (Å²) in [5.41, 5.74) is 0. The van der Waals surface area contributed by atoms with Crippen LogP contribution >= 0.6 is 0 Å². The number of hydrogen-bond acceptors (Lipinski definition) is 5. The van der Waals surface area contributed by atoms with Crippen LogP contribution in [0.5, 0.6) is 0 Å². The van der Waals surface area contributed by atoms with Gasteiger partial charge < -0.3 is 20.3 Å². The maximum Gasteiger partial charge on any atom is 0.306 e. The molecule has 0 aromatic heterocycles. The lowest BCUT2D eigenvalue weighted by molar-refractivity contribution is -0.151. The fourth-order valence-corrected chi connectivity index (χ4v) is 8.42. The smallest absolute Gasteiger partial charge is 0.306 e. The molecule has 0 fully saturated rings. The van der Waals surface area contributed by atoms with Gasteiger partial charge in [-0.25, -0.2) is 0 Å². The first-order chi connectivity index (χ1) is 32.0. The van der Waals surface area contributed by atoms with Crippen molar-refractivity contribution in [1.82, 2.24) is 5.32 Å². The number of ether oxygens (including phenoxy) is 1. The van der Waals surface area contributed by atoms with E-state index >= 15 is 0 Å². The summed E-state index contributed by atoms with van der Waals surface area (Å²) in [6, 6.07) is -0.714. The molecule has 6 heteroatoms. The molecule has 0 spiro atoms. The predicted octanol–water partition coefficient (Wildman–Crippen LogP) is 17.2. The summed E-state index contributed by atoms with van der Waals surface area (Å²) in [5, 5.41) is 23.9. The lowest BCUT2D eigenvalue weighted by atomic mass is 10.0. The minimum Gasteiger partial charge on any atom is -0.462 e. The van der Waals surface area contributed by atoms with Gasteiger partial charge in [0.25, 0.3) is 0 Å². The Kier molecular flexibility index (Phi) is 50.6. The van der Waals surface area contributed by atoms with Crippen LogP contribution in [0.15, 0.2) is 60.8 Å². The van der Waals surface area contributed by atoms with E-state index in [4.69, 9.17) is 4.74 Å². The number of carbonyl (C=O) groups excluding carboxylic acids is 2. The Morgan fingerprint density at radius 3 is 1.28 bits per heavy atom. The molecule has 0 bridgehead atoms. The molecule has 0 aliphatic rings. The fourth-order valence-electron chi connectivity index (χ4n) is 8.42. The second kappa shape index (κ2) is 52.5. The topological polar surface area (TPSA) is 95.9 Å². The largest absolute Gasteiger partial charge is 0.462 e. The highest BCUT2D eigenvalue weighted by atomic mass is 16.5. The summed E-state index contributed by atoms with van der Waals surface area (Å²) in [7, 11) is 0. The van der Waals surface area contributed by atoms with E-state index in [-0.39, 0.29) is 24.9 Å². The molecule has 3 N–H and O–H groups in total. The number of carbonyl (C=O) groups is 2. The summed E-state index contributed by atoms with van der Waals surface area (Å²) < 4.78 is 5.94. The van der Waals surface area contributed by atoms with Gasteiger partial charge in [-0.15, -0.1) is 0 Å². The maximum atomic E-state index is 13.3. The zero-order chi connectivity index (χ0) is 47.4. The highest BCUT2D eigenvalue weighted by Crippen LogP contribution is 2.18. The van der Waals surface area contributed by atoms with Crippen LogP contribution in [0.25, 0.3) is 0 Å². The van der Waals surface area contributed by atoms with Crippen LogP contribution in [-0.4, -0.2) is 46.9 Å².